The van der Waals surface area contributed by atoms with E-state index in [1.165, 1.54) is 32.1 Å². The molecule has 2 unspecified atom stereocenters. The summed E-state index contributed by atoms with van der Waals surface area (Å²) in [7, 11) is 2.00. The molecular weight excluding hydrogens is 404 g/mol. The van der Waals surface area contributed by atoms with Gasteiger partial charge in [-0.25, -0.2) is 0 Å². The van der Waals surface area contributed by atoms with Crippen molar-refractivity contribution in [2.75, 3.05) is 12.8 Å². The Morgan fingerprint density at radius 2 is 1.90 bits per heavy atom. The van der Waals surface area contributed by atoms with Gasteiger partial charge in [-0.05, 0) is 85.9 Å². The van der Waals surface area contributed by atoms with Gasteiger partial charge in [0, 0.05) is 24.5 Å². The normalized spacial score (nSPS) is 42.7. The minimum absolute atomic E-state index is 0.110. The van der Waals surface area contributed by atoms with E-state index in [9.17, 15) is 9.59 Å². The maximum atomic E-state index is 12.5. The Bertz CT molecular complexity index is 752. The Morgan fingerprint density at radius 1 is 1.16 bits per heavy atom. The average Bonchev–Trinajstić information content (AvgIpc) is 3.07. The molecule has 0 bridgehead atoms. The van der Waals surface area contributed by atoms with E-state index in [4.69, 9.17) is 0 Å². The summed E-state index contributed by atoms with van der Waals surface area (Å²) in [4.78, 5) is 26.8. The van der Waals surface area contributed by atoms with Gasteiger partial charge in [0.1, 0.15) is 0 Å². The van der Waals surface area contributed by atoms with Crippen LogP contribution in [0.4, 0.5) is 0 Å². The fourth-order valence-corrected chi connectivity index (χ4v) is 8.81. The number of hydrogen-bond acceptors (Lipinski definition) is 3. The van der Waals surface area contributed by atoms with Gasteiger partial charge in [-0.2, -0.15) is 0 Å². The molecule has 8 atom stereocenters. The van der Waals surface area contributed by atoms with Crippen molar-refractivity contribution in [3.8, 4) is 0 Å². The molecule has 0 aromatic heterocycles. The largest absolute Gasteiger partial charge is 0.353 e. The minimum atomic E-state index is 0.110. The molecule has 31 heavy (non-hydrogen) atoms. The van der Waals surface area contributed by atoms with Crippen LogP contribution < -0.4 is 5.32 Å². The van der Waals surface area contributed by atoms with E-state index in [2.05, 4.69) is 46.0 Å². The van der Waals surface area contributed by atoms with E-state index >= 15 is 0 Å². The first-order valence-electron chi connectivity index (χ1n) is 12.4. The van der Waals surface area contributed by atoms with Gasteiger partial charge in [-0.1, -0.05) is 33.8 Å². The smallest absolute Gasteiger partial charge is 0.246 e. The van der Waals surface area contributed by atoms with Crippen LogP contribution in [0.25, 0.3) is 0 Å². The van der Waals surface area contributed by atoms with E-state index in [1.54, 1.807) is 11.8 Å². The third-order valence-corrected chi connectivity index (χ3v) is 10.8. The molecule has 0 saturated heterocycles. The summed E-state index contributed by atoms with van der Waals surface area (Å²) in [5.41, 5.74) is 0.432. The van der Waals surface area contributed by atoms with Gasteiger partial charge in [0.25, 0.3) is 0 Å². The second-order valence-corrected chi connectivity index (χ2v) is 13.1. The average molecular weight is 447 g/mol. The molecule has 1 aliphatic heterocycles. The quantitative estimate of drug-likeness (QED) is 0.654. The molecule has 0 aromatic rings. The second-order valence-electron chi connectivity index (χ2n) is 11.6. The van der Waals surface area contributed by atoms with Gasteiger partial charge in [-0.15, -0.1) is 11.8 Å². The molecule has 3 saturated carbocycles. The molecule has 0 spiro atoms. The highest BCUT2D eigenvalue weighted by atomic mass is 32.2. The predicted octanol–water partition coefficient (Wildman–Crippen LogP) is 4.89. The van der Waals surface area contributed by atoms with Gasteiger partial charge in [-0.3, -0.25) is 9.59 Å². The maximum absolute atomic E-state index is 12.5. The van der Waals surface area contributed by atoms with Gasteiger partial charge < -0.3 is 10.2 Å². The Labute approximate surface area is 193 Å². The van der Waals surface area contributed by atoms with E-state index < -0.39 is 0 Å². The minimum Gasteiger partial charge on any atom is -0.353 e. The van der Waals surface area contributed by atoms with Gasteiger partial charge in [0.05, 0.1) is 5.75 Å². The Kier molecular flexibility index (Phi) is 6.30. The summed E-state index contributed by atoms with van der Waals surface area (Å²) in [6.45, 7) is 11.5. The van der Waals surface area contributed by atoms with Crippen LogP contribution in [0, 0.1) is 34.5 Å². The molecule has 1 heterocycles. The van der Waals surface area contributed by atoms with E-state index in [1.807, 2.05) is 18.0 Å². The van der Waals surface area contributed by atoms with Crippen molar-refractivity contribution < 1.29 is 9.59 Å². The molecule has 1 N–H and O–H groups in total. The monoisotopic (exact) mass is 446 g/mol. The highest BCUT2D eigenvalue weighted by Crippen LogP contribution is 2.65. The summed E-state index contributed by atoms with van der Waals surface area (Å²) in [6, 6.07) is 0.599. The number of nitrogens with one attached hydrogen (secondary N) is 1. The summed E-state index contributed by atoms with van der Waals surface area (Å²) in [5, 5.41) is 3.85. The molecule has 3 fully saturated rings. The fourth-order valence-electron chi connectivity index (χ4n) is 8.24. The molecular formula is C26H42N2O2S. The van der Waals surface area contributed by atoms with Crippen LogP contribution in [-0.2, 0) is 9.59 Å². The number of hydrogen-bond donors (Lipinski definition) is 1. The van der Waals surface area contributed by atoms with Crippen molar-refractivity contribution in [1.29, 1.82) is 0 Å². The van der Waals surface area contributed by atoms with Crippen LogP contribution in [0.5, 0.6) is 0 Å². The van der Waals surface area contributed by atoms with E-state index in [0.29, 0.717) is 34.3 Å². The number of amides is 2. The summed E-state index contributed by atoms with van der Waals surface area (Å²) in [5.74, 6) is 3.66. The maximum Gasteiger partial charge on any atom is 0.246 e. The lowest BCUT2D eigenvalue weighted by Crippen LogP contribution is -2.60. The summed E-state index contributed by atoms with van der Waals surface area (Å²) >= 11 is 1.72. The lowest BCUT2D eigenvalue weighted by Gasteiger charge is -2.60. The standard InChI is InChI=1S/C26H42N2O2S/c1-16(2)31-15-23(29)27-17(3)19-8-9-20-18-7-10-22-26(5,14-12-24(30)28(22)6)21(18)11-13-25(19,20)4/h12,14,16-22H,7-11,13,15H2,1-6H3,(H,27,29)/t17?,18-,19+,20-,21-,22?,25+,26+/m0/s1. The number of thioether (sulfide) groups is 1. The van der Waals surface area contributed by atoms with Crippen LogP contribution in [0.3, 0.4) is 0 Å². The van der Waals surface area contributed by atoms with Crippen LogP contribution in [0.2, 0.25) is 0 Å². The number of carbonyl (C=O) groups is 2. The molecule has 4 nitrogen and oxygen atoms in total. The van der Waals surface area contributed by atoms with Crippen molar-refractivity contribution in [2.45, 2.75) is 90.5 Å². The van der Waals surface area contributed by atoms with Gasteiger partial charge >= 0.3 is 0 Å². The van der Waals surface area contributed by atoms with Crippen molar-refractivity contribution in [3.05, 3.63) is 12.2 Å². The first-order chi connectivity index (χ1) is 14.6. The predicted molar refractivity (Wildman–Crippen MR) is 129 cm³/mol. The summed E-state index contributed by atoms with van der Waals surface area (Å²) < 4.78 is 0. The van der Waals surface area contributed by atoms with Crippen molar-refractivity contribution >= 4 is 23.6 Å². The van der Waals surface area contributed by atoms with Crippen LogP contribution in [0.1, 0.15) is 73.1 Å². The molecule has 2 amide bonds. The molecule has 174 valence electrons. The van der Waals surface area contributed by atoms with E-state index in [0.717, 1.165) is 18.3 Å². The highest BCUT2D eigenvalue weighted by molar-refractivity contribution is 8.00. The number of carbonyl (C=O) groups excluding carboxylic acids is 2. The molecule has 3 aliphatic carbocycles. The lowest BCUT2D eigenvalue weighted by atomic mass is 9.47. The first-order valence-corrected chi connectivity index (χ1v) is 13.5. The Morgan fingerprint density at radius 3 is 2.61 bits per heavy atom. The highest BCUT2D eigenvalue weighted by Gasteiger charge is 2.60. The zero-order valence-electron chi connectivity index (χ0n) is 20.3. The SMILES string of the molecule is CC(C)SCC(=O)NC(C)[C@H]1CC[C@H]2[C@@H]3CCC4N(C)C(=O)C=C[C@]4(C)[C@H]3CC[C@]12C. The lowest BCUT2D eigenvalue weighted by molar-refractivity contribution is -0.139. The third kappa shape index (κ3) is 3.87. The van der Waals surface area contributed by atoms with Crippen molar-refractivity contribution in [2.24, 2.45) is 34.5 Å². The van der Waals surface area contributed by atoms with Crippen LogP contribution >= 0.6 is 11.8 Å². The molecule has 4 aliphatic rings. The number of nitrogens with zero attached hydrogens (tertiary/aromatic N) is 1. The number of likely N-dealkylation sites (N-methyl/N-ethyl adjacent to an activating group) is 1. The van der Waals surface area contributed by atoms with Crippen molar-refractivity contribution in [3.63, 3.8) is 0 Å². The molecule has 5 heteroatoms. The Balaban J connectivity index is 1.48. The molecule has 4 rings (SSSR count). The van der Waals surface area contributed by atoms with Crippen molar-refractivity contribution in [1.82, 2.24) is 10.2 Å². The van der Waals surface area contributed by atoms with Crippen LogP contribution in [0.15, 0.2) is 12.2 Å². The fraction of sp³-hybridized carbons (Fsp3) is 0.846. The summed E-state index contributed by atoms with van der Waals surface area (Å²) in [6.07, 6.45) is 11.5. The van der Waals surface area contributed by atoms with Gasteiger partial charge in [0.2, 0.25) is 11.8 Å². The second kappa shape index (κ2) is 8.43. The third-order valence-electron chi connectivity index (χ3n) is 9.74. The number of rotatable bonds is 5. The zero-order chi connectivity index (χ0) is 22.6. The topological polar surface area (TPSA) is 49.4 Å². The van der Waals surface area contributed by atoms with Crippen LogP contribution in [-0.4, -0.2) is 46.8 Å². The van der Waals surface area contributed by atoms with Gasteiger partial charge in [0.15, 0.2) is 0 Å². The molecule has 0 radical (unpaired) electrons. The number of fused-ring (bicyclic) bond motifs is 5. The molecule has 0 aromatic carbocycles. The zero-order valence-corrected chi connectivity index (χ0v) is 21.1. The van der Waals surface area contributed by atoms with E-state index in [-0.39, 0.29) is 23.3 Å². The Hall–Kier alpha value is -0.970. The first kappa shape index (κ1) is 23.2.